The van der Waals surface area contributed by atoms with Crippen molar-refractivity contribution >= 4 is 17.3 Å². The first kappa shape index (κ1) is 13.7. The van der Waals surface area contributed by atoms with Gasteiger partial charge in [0.2, 0.25) is 0 Å². The summed E-state index contributed by atoms with van der Waals surface area (Å²) in [6.07, 6.45) is 1.18. The smallest absolute Gasteiger partial charge is 0.0541 e. The van der Waals surface area contributed by atoms with E-state index in [1.807, 2.05) is 12.1 Å². The van der Waals surface area contributed by atoms with E-state index < -0.39 is 0 Å². The average molecular weight is 268 g/mol. The van der Waals surface area contributed by atoms with Crippen molar-refractivity contribution in [3.63, 3.8) is 0 Å². The van der Waals surface area contributed by atoms with E-state index in [1.165, 1.54) is 12.1 Å². The number of benzene rings is 1. The van der Waals surface area contributed by atoms with Crippen LogP contribution >= 0.6 is 11.6 Å². The van der Waals surface area contributed by atoms with Crippen LogP contribution in [0.4, 0.5) is 5.69 Å². The van der Waals surface area contributed by atoms with Gasteiger partial charge in [-0.15, -0.1) is 0 Å². The maximum absolute atomic E-state index is 6.11. The topological polar surface area (TPSA) is 18.5 Å². The molecular formula is C14H22ClN3. The molecule has 1 aromatic carbocycles. The molecule has 0 amide bonds. The summed E-state index contributed by atoms with van der Waals surface area (Å²) in [4.78, 5) is 4.72. The SMILES string of the molecule is CN(C)CC1CNCCCN1c1cccc(Cl)c1. The van der Waals surface area contributed by atoms with E-state index in [-0.39, 0.29) is 0 Å². The fourth-order valence-electron chi connectivity index (χ4n) is 2.52. The molecule has 0 aromatic heterocycles. The molecule has 1 fully saturated rings. The molecule has 1 unspecified atom stereocenters. The molecule has 100 valence electrons. The Morgan fingerprint density at radius 2 is 2.28 bits per heavy atom. The molecule has 1 N–H and O–H groups in total. The van der Waals surface area contributed by atoms with Gasteiger partial charge < -0.3 is 15.1 Å². The van der Waals surface area contributed by atoms with Gasteiger partial charge in [-0.25, -0.2) is 0 Å². The summed E-state index contributed by atoms with van der Waals surface area (Å²) in [5.41, 5.74) is 1.23. The molecule has 0 saturated carbocycles. The van der Waals surface area contributed by atoms with Gasteiger partial charge in [-0.05, 0) is 45.3 Å². The Morgan fingerprint density at radius 3 is 3.00 bits per heavy atom. The number of nitrogens with one attached hydrogen (secondary N) is 1. The van der Waals surface area contributed by atoms with Crippen LogP contribution in [0.25, 0.3) is 0 Å². The van der Waals surface area contributed by atoms with Crippen LogP contribution in [0.5, 0.6) is 0 Å². The van der Waals surface area contributed by atoms with Crippen LogP contribution in [-0.2, 0) is 0 Å². The van der Waals surface area contributed by atoms with Gasteiger partial charge >= 0.3 is 0 Å². The van der Waals surface area contributed by atoms with Crippen molar-refractivity contribution in [3.05, 3.63) is 29.3 Å². The molecule has 0 radical (unpaired) electrons. The van der Waals surface area contributed by atoms with E-state index in [9.17, 15) is 0 Å². The van der Waals surface area contributed by atoms with E-state index in [1.54, 1.807) is 0 Å². The Morgan fingerprint density at radius 1 is 1.44 bits per heavy atom. The minimum Gasteiger partial charge on any atom is -0.366 e. The highest BCUT2D eigenvalue weighted by molar-refractivity contribution is 6.30. The number of hydrogen-bond donors (Lipinski definition) is 1. The van der Waals surface area contributed by atoms with Crippen molar-refractivity contribution in [3.8, 4) is 0 Å². The molecular weight excluding hydrogens is 246 g/mol. The van der Waals surface area contributed by atoms with Gasteiger partial charge in [-0.3, -0.25) is 0 Å². The molecule has 2 rings (SSSR count). The summed E-state index contributed by atoms with van der Waals surface area (Å²) in [5.74, 6) is 0. The van der Waals surface area contributed by atoms with Crippen molar-refractivity contribution < 1.29 is 0 Å². The maximum atomic E-state index is 6.11. The van der Waals surface area contributed by atoms with Crippen LogP contribution < -0.4 is 10.2 Å². The fourth-order valence-corrected chi connectivity index (χ4v) is 2.70. The first-order valence-electron chi connectivity index (χ1n) is 6.54. The van der Waals surface area contributed by atoms with Gasteiger partial charge in [0.25, 0.3) is 0 Å². The summed E-state index contributed by atoms with van der Waals surface area (Å²) in [5, 5.41) is 4.33. The van der Waals surface area contributed by atoms with Crippen molar-refractivity contribution in [1.82, 2.24) is 10.2 Å². The third kappa shape index (κ3) is 3.61. The lowest BCUT2D eigenvalue weighted by atomic mass is 10.2. The molecule has 1 atom stereocenters. The highest BCUT2D eigenvalue weighted by atomic mass is 35.5. The molecule has 1 heterocycles. The second-order valence-electron chi connectivity index (χ2n) is 5.15. The average Bonchev–Trinajstić information content (AvgIpc) is 2.54. The molecule has 1 aromatic rings. The van der Waals surface area contributed by atoms with Crippen LogP contribution in [-0.4, -0.2) is 51.2 Å². The summed E-state index contributed by atoms with van der Waals surface area (Å²) in [6, 6.07) is 8.68. The van der Waals surface area contributed by atoms with Crippen molar-refractivity contribution in [1.29, 1.82) is 0 Å². The van der Waals surface area contributed by atoms with Crippen LogP contribution in [0.15, 0.2) is 24.3 Å². The zero-order chi connectivity index (χ0) is 13.0. The first-order chi connectivity index (χ1) is 8.66. The van der Waals surface area contributed by atoms with Gasteiger partial charge in [-0.1, -0.05) is 17.7 Å². The summed E-state index contributed by atoms with van der Waals surface area (Å²) < 4.78 is 0. The predicted molar refractivity (Wildman–Crippen MR) is 78.6 cm³/mol. The molecule has 1 saturated heterocycles. The summed E-state index contributed by atoms with van der Waals surface area (Å²) in [7, 11) is 4.25. The summed E-state index contributed by atoms with van der Waals surface area (Å²) >= 11 is 6.11. The lowest BCUT2D eigenvalue weighted by Gasteiger charge is -2.33. The van der Waals surface area contributed by atoms with Crippen LogP contribution in [0.1, 0.15) is 6.42 Å². The van der Waals surface area contributed by atoms with Crippen molar-refractivity contribution in [2.45, 2.75) is 12.5 Å². The number of halogens is 1. The zero-order valence-corrected chi connectivity index (χ0v) is 12.0. The van der Waals surface area contributed by atoms with Gasteiger partial charge in [0.1, 0.15) is 0 Å². The largest absolute Gasteiger partial charge is 0.366 e. The molecule has 0 bridgehead atoms. The highest BCUT2D eigenvalue weighted by Crippen LogP contribution is 2.22. The van der Waals surface area contributed by atoms with E-state index >= 15 is 0 Å². The molecule has 0 spiro atoms. The summed E-state index contributed by atoms with van der Waals surface area (Å²) in [6.45, 7) is 4.27. The Balaban J connectivity index is 2.19. The van der Waals surface area contributed by atoms with Gasteiger partial charge in [0, 0.05) is 30.3 Å². The Bertz CT molecular complexity index is 381. The normalized spacial score (nSPS) is 21.1. The van der Waals surface area contributed by atoms with Crippen molar-refractivity contribution in [2.24, 2.45) is 0 Å². The monoisotopic (exact) mass is 267 g/mol. The maximum Gasteiger partial charge on any atom is 0.0541 e. The quantitative estimate of drug-likeness (QED) is 0.905. The van der Waals surface area contributed by atoms with Crippen LogP contribution in [0, 0.1) is 0 Å². The second-order valence-corrected chi connectivity index (χ2v) is 5.58. The lowest BCUT2D eigenvalue weighted by Crippen LogP contribution is -2.46. The van der Waals surface area contributed by atoms with Gasteiger partial charge in [-0.2, -0.15) is 0 Å². The molecule has 1 aliphatic rings. The van der Waals surface area contributed by atoms with E-state index in [0.29, 0.717) is 6.04 Å². The van der Waals surface area contributed by atoms with Crippen molar-refractivity contribution in [2.75, 3.05) is 45.2 Å². The minimum atomic E-state index is 0.501. The van der Waals surface area contributed by atoms with Gasteiger partial charge in [0.05, 0.1) is 6.04 Å². The van der Waals surface area contributed by atoms with Crippen LogP contribution in [0.3, 0.4) is 0 Å². The molecule has 0 aliphatic carbocycles. The van der Waals surface area contributed by atoms with Crippen LogP contribution in [0.2, 0.25) is 5.02 Å². The number of rotatable bonds is 3. The lowest BCUT2D eigenvalue weighted by molar-refractivity contribution is 0.361. The Hall–Kier alpha value is -0.770. The first-order valence-corrected chi connectivity index (χ1v) is 6.92. The van der Waals surface area contributed by atoms with E-state index in [2.05, 4.69) is 41.3 Å². The number of hydrogen-bond acceptors (Lipinski definition) is 3. The third-order valence-corrected chi connectivity index (χ3v) is 3.52. The molecule has 3 nitrogen and oxygen atoms in total. The number of anilines is 1. The fraction of sp³-hybridized carbons (Fsp3) is 0.571. The molecule has 18 heavy (non-hydrogen) atoms. The van der Waals surface area contributed by atoms with E-state index in [4.69, 9.17) is 11.6 Å². The van der Waals surface area contributed by atoms with E-state index in [0.717, 1.165) is 31.2 Å². The highest BCUT2D eigenvalue weighted by Gasteiger charge is 2.21. The molecule has 4 heteroatoms. The standard InChI is InChI=1S/C14H22ClN3/c1-17(2)11-14-10-16-7-4-8-18(14)13-6-3-5-12(15)9-13/h3,5-6,9,14,16H,4,7-8,10-11H2,1-2H3. The predicted octanol–water partition coefficient (Wildman–Crippen LogP) is 2.07. The molecule has 1 aliphatic heterocycles. The van der Waals surface area contributed by atoms with Gasteiger partial charge in [0.15, 0.2) is 0 Å². The Kier molecular flexibility index (Phi) is 4.87. The second kappa shape index (κ2) is 6.41. The minimum absolute atomic E-state index is 0.501. The number of likely N-dealkylation sites (N-methyl/N-ethyl adjacent to an activating group) is 1. The number of nitrogens with zero attached hydrogens (tertiary/aromatic N) is 2. The zero-order valence-electron chi connectivity index (χ0n) is 11.2. The third-order valence-electron chi connectivity index (χ3n) is 3.29. The Labute approximate surface area is 115 Å².